The second-order valence-corrected chi connectivity index (χ2v) is 12.5. The number of rotatable bonds is 5. The van der Waals surface area contributed by atoms with Crippen molar-refractivity contribution in [3.05, 3.63) is 170 Å². The second-order valence-electron chi connectivity index (χ2n) is 11.4. The maximum absolute atomic E-state index is 2.43. The summed E-state index contributed by atoms with van der Waals surface area (Å²) in [5.41, 5.74) is 9.42. The average Bonchev–Trinajstić information content (AvgIpc) is 3.63. The first kappa shape index (κ1) is 25.8. The van der Waals surface area contributed by atoms with Crippen LogP contribution in [0.15, 0.2) is 170 Å². The molecule has 2 aromatic heterocycles. The Bertz CT molecular complexity index is 2420. The third kappa shape index (κ3) is 4.32. The molecule has 0 saturated carbocycles. The molecule has 0 bridgehead atoms. The Kier molecular flexibility index (Phi) is 6.03. The maximum Gasteiger partial charge on any atom is 0.0555 e. The van der Waals surface area contributed by atoms with Crippen LogP contribution in [0.4, 0.5) is 17.1 Å². The molecule has 0 aliphatic carbocycles. The molecule has 0 aliphatic heterocycles. The molecule has 0 fully saturated rings. The van der Waals surface area contributed by atoms with Crippen LogP contribution in [-0.2, 0) is 0 Å². The Morgan fingerprint density at radius 2 is 0.978 bits per heavy atom. The molecular weight excluding hydrogens is 565 g/mol. The minimum Gasteiger partial charge on any atom is -0.310 e. The van der Waals surface area contributed by atoms with Gasteiger partial charge in [-0.05, 0) is 83.9 Å². The smallest absolute Gasteiger partial charge is 0.0555 e. The summed E-state index contributed by atoms with van der Waals surface area (Å²) in [7, 11) is 0. The average molecular weight is 593 g/mol. The van der Waals surface area contributed by atoms with Gasteiger partial charge in [-0.3, -0.25) is 0 Å². The van der Waals surface area contributed by atoms with Gasteiger partial charge in [0.05, 0.1) is 11.0 Å². The van der Waals surface area contributed by atoms with E-state index in [-0.39, 0.29) is 0 Å². The van der Waals surface area contributed by atoms with Gasteiger partial charge in [-0.1, -0.05) is 97.1 Å². The number of hydrogen-bond donors (Lipinski definition) is 0. The molecule has 0 aliphatic rings. The highest BCUT2D eigenvalue weighted by Crippen LogP contribution is 2.43. The molecule has 0 unspecified atom stereocenters. The van der Waals surface area contributed by atoms with Crippen molar-refractivity contribution in [3.8, 4) is 16.8 Å². The van der Waals surface area contributed by atoms with E-state index in [1.165, 1.54) is 53.1 Å². The van der Waals surface area contributed by atoms with Crippen molar-refractivity contribution >= 4 is 70.4 Å². The molecule has 3 heteroatoms. The first-order valence-electron chi connectivity index (χ1n) is 15.3. The third-order valence-electron chi connectivity index (χ3n) is 8.77. The van der Waals surface area contributed by atoms with E-state index in [0.717, 1.165) is 22.7 Å². The number of hydrogen-bond acceptors (Lipinski definition) is 2. The van der Waals surface area contributed by atoms with Gasteiger partial charge in [0.2, 0.25) is 0 Å². The summed E-state index contributed by atoms with van der Waals surface area (Å²) in [6.45, 7) is 0. The molecule has 0 saturated heterocycles. The zero-order valence-corrected chi connectivity index (χ0v) is 25.3. The van der Waals surface area contributed by atoms with Gasteiger partial charge in [-0.15, -0.1) is 11.3 Å². The predicted molar refractivity (Wildman–Crippen MR) is 194 cm³/mol. The Balaban J connectivity index is 1.31. The molecule has 0 spiro atoms. The van der Waals surface area contributed by atoms with Crippen molar-refractivity contribution in [2.24, 2.45) is 0 Å². The van der Waals surface area contributed by atoms with Gasteiger partial charge in [-0.25, -0.2) is 0 Å². The SMILES string of the molecule is c1ccc(-c2ccc(-n3c4ccc(N(c5ccccc5)c5ccccc5)cc4c4cc5c(cc43)sc3ccccc35)cc2)cc1. The molecule has 2 heterocycles. The van der Waals surface area contributed by atoms with E-state index in [4.69, 9.17) is 0 Å². The number of anilines is 3. The molecule has 0 radical (unpaired) electrons. The van der Waals surface area contributed by atoms with Gasteiger partial charge in [0.1, 0.15) is 0 Å². The zero-order chi connectivity index (χ0) is 29.7. The van der Waals surface area contributed by atoms with Crippen LogP contribution in [0.1, 0.15) is 0 Å². The van der Waals surface area contributed by atoms with E-state index in [1.54, 1.807) is 0 Å². The number of fused-ring (bicyclic) bond motifs is 6. The lowest BCUT2D eigenvalue weighted by molar-refractivity contribution is 1.18. The van der Waals surface area contributed by atoms with Crippen LogP contribution in [0.2, 0.25) is 0 Å². The molecule has 45 heavy (non-hydrogen) atoms. The lowest BCUT2D eigenvalue weighted by Crippen LogP contribution is -2.09. The summed E-state index contributed by atoms with van der Waals surface area (Å²) in [6.07, 6.45) is 0. The van der Waals surface area contributed by atoms with Crippen LogP contribution in [0.25, 0.3) is 58.8 Å². The highest BCUT2D eigenvalue weighted by atomic mass is 32.1. The number of thiophene rings is 1. The first-order valence-corrected chi connectivity index (χ1v) is 16.1. The van der Waals surface area contributed by atoms with Crippen LogP contribution in [0.3, 0.4) is 0 Å². The topological polar surface area (TPSA) is 8.17 Å². The van der Waals surface area contributed by atoms with Crippen molar-refractivity contribution in [1.29, 1.82) is 0 Å². The maximum atomic E-state index is 2.43. The fraction of sp³-hybridized carbons (Fsp3) is 0. The van der Waals surface area contributed by atoms with Crippen LogP contribution in [-0.4, -0.2) is 4.57 Å². The van der Waals surface area contributed by atoms with Crippen molar-refractivity contribution < 1.29 is 0 Å². The number of para-hydroxylation sites is 2. The van der Waals surface area contributed by atoms with E-state index in [1.807, 2.05) is 11.3 Å². The van der Waals surface area contributed by atoms with Gasteiger partial charge in [0.15, 0.2) is 0 Å². The lowest BCUT2D eigenvalue weighted by atomic mass is 10.1. The van der Waals surface area contributed by atoms with Crippen molar-refractivity contribution in [2.75, 3.05) is 4.90 Å². The minimum atomic E-state index is 1.13. The Labute approximate surface area is 265 Å². The summed E-state index contributed by atoms with van der Waals surface area (Å²) < 4.78 is 5.06. The van der Waals surface area contributed by atoms with Crippen molar-refractivity contribution in [1.82, 2.24) is 4.57 Å². The summed E-state index contributed by atoms with van der Waals surface area (Å²) in [5, 5.41) is 5.13. The molecule has 0 N–H and O–H groups in total. The summed E-state index contributed by atoms with van der Waals surface area (Å²) in [5.74, 6) is 0. The molecule has 212 valence electrons. The molecule has 2 nitrogen and oxygen atoms in total. The van der Waals surface area contributed by atoms with E-state index in [0.29, 0.717) is 0 Å². The molecular formula is C42H28N2S. The van der Waals surface area contributed by atoms with E-state index in [9.17, 15) is 0 Å². The summed E-state index contributed by atoms with van der Waals surface area (Å²) in [6, 6.07) is 61.3. The summed E-state index contributed by atoms with van der Waals surface area (Å²) in [4.78, 5) is 2.34. The van der Waals surface area contributed by atoms with Crippen LogP contribution in [0, 0.1) is 0 Å². The third-order valence-corrected chi connectivity index (χ3v) is 9.90. The number of aromatic nitrogens is 1. The van der Waals surface area contributed by atoms with Crippen molar-refractivity contribution in [2.45, 2.75) is 0 Å². The fourth-order valence-electron chi connectivity index (χ4n) is 6.68. The van der Waals surface area contributed by atoms with E-state index < -0.39 is 0 Å². The van der Waals surface area contributed by atoms with E-state index >= 15 is 0 Å². The standard InChI is InChI=1S/C42H28N2S/c1-4-12-29(13-5-1)30-20-22-33(23-21-30)44-39-25-24-34(43(31-14-6-2-7-15-31)32-16-8-3-9-17-32)26-36(39)37-27-38-35-18-10-11-19-41(35)45-42(38)28-40(37)44/h1-28H. The van der Waals surface area contributed by atoms with Gasteiger partial charge in [-0.2, -0.15) is 0 Å². The Morgan fingerprint density at radius 3 is 1.69 bits per heavy atom. The second kappa shape index (κ2) is 10.5. The molecule has 7 aromatic carbocycles. The highest BCUT2D eigenvalue weighted by Gasteiger charge is 2.19. The van der Waals surface area contributed by atoms with Crippen LogP contribution >= 0.6 is 11.3 Å². The summed E-state index contributed by atoms with van der Waals surface area (Å²) >= 11 is 1.87. The van der Waals surface area contributed by atoms with E-state index in [2.05, 4.69) is 179 Å². The first-order chi connectivity index (χ1) is 22.3. The van der Waals surface area contributed by atoms with Gasteiger partial charge in [0, 0.05) is 53.7 Å². The monoisotopic (exact) mass is 592 g/mol. The van der Waals surface area contributed by atoms with Gasteiger partial charge >= 0.3 is 0 Å². The molecule has 9 aromatic rings. The fourth-order valence-corrected chi connectivity index (χ4v) is 7.80. The number of nitrogens with zero attached hydrogens (tertiary/aromatic N) is 2. The normalized spacial score (nSPS) is 11.6. The molecule has 9 rings (SSSR count). The van der Waals surface area contributed by atoms with Crippen LogP contribution in [0.5, 0.6) is 0 Å². The lowest BCUT2D eigenvalue weighted by Gasteiger charge is -2.25. The molecule has 0 atom stereocenters. The Morgan fingerprint density at radius 1 is 0.378 bits per heavy atom. The number of benzene rings is 7. The Hall–Kier alpha value is -5.64. The van der Waals surface area contributed by atoms with Crippen molar-refractivity contribution in [3.63, 3.8) is 0 Å². The largest absolute Gasteiger partial charge is 0.310 e. The highest BCUT2D eigenvalue weighted by molar-refractivity contribution is 7.25. The predicted octanol–water partition coefficient (Wildman–Crippen LogP) is 12.3. The van der Waals surface area contributed by atoms with Gasteiger partial charge < -0.3 is 9.47 Å². The molecule has 0 amide bonds. The quantitative estimate of drug-likeness (QED) is 0.193. The minimum absolute atomic E-state index is 1.13. The van der Waals surface area contributed by atoms with Crippen LogP contribution < -0.4 is 4.90 Å². The van der Waals surface area contributed by atoms with Gasteiger partial charge in [0.25, 0.3) is 0 Å². The zero-order valence-electron chi connectivity index (χ0n) is 24.5.